The minimum absolute atomic E-state index is 0.132. The van der Waals surface area contributed by atoms with Crippen molar-refractivity contribution in [1.29, 1.82) is 0 Å². The van der Waals surface area contributed by atoms with Crippen molar-refractivity contribution in [3.8, 4) is 0 Å². The van der Waals surface area contributed by atoms with E-state index in [1.807, 2.05) is 0 Å². The molecule has 3 aromatic rings. The first kappa shape index (κ1) is 23.6. The summed E-state index contributed by atoms with van der Waals surface area (Å²) in [6.07, 6.45) is -3.93. The van der Waals surface area contributed by atoms with Crippen LogP contribution >= 0.6 is 0 Å². The summed E-state index contributed by atoms with van der Waals surface area (Å²) in [6, 6.07) is 14.2. The van der Waals surface area contributed by atoms with Gasteiger partial charge in [0.05, 0.1) is 22.5 Å². The Morgan fingerprint density at radius 3 is 2.24 bits per heavy atom. The van der Waals surface area contributed by atoms with Gasteiger partial charge in [-0.2, -0.15) is 13.2 Å². The van der Waals surface area contributed by atoms with Crippen LogP contribution in [0.15, 0.2) is 60.8 Å². The van der Waals surface area contributed by atoms with Crippen molar-refractivity contribution in [2.75, 3.05) is 29.6 Å². The SMILES string of the molecule is CNC(=O)c1ccccc1Nc1cc(Nc2ccc(N(C)C(C)=O)cc2)ncc1C(F)(F)F. The lowest BCUT2D eigenvalue weighted by Crippen LogP contribution is -2.22. The van der Waals surface area contributed by atoms with E-state index < -0.39 is 17.6 Å². The largest absolute Gasteiger partial charge is 0.419 e. The van der Waals surface area contributed by atoms with Gasteiger partial charge in [-0.3, -0.25) is 9.59 Å². The third kappa shape index (κ3) is 5.59. The summed E-state index contributed by atoms with van der Waals surface area (Å²) in [6.45, 7) is 1.44. The molecule has 1 heterocycles. The Labute approximate surface area is 188 Å². The van der Waals surface area contributed by atoms with Crippen LogP contribution < -0.4 is 20.9 Å². The predicted octanol–water partition coefficient (Wildman–Crippen LogP) is 4.93. The minimum Gasteiger partial charge on any atom is -0.355 e. The monoisotopic (exact) mass is 457 g/mol. The van der Waals surface area contributed by atoms with Crippen LogP contribution in [0.4, 0.5) is 41.7 Å². The number of anilines is 5. The van der Waals surface area contributed by atoms with E-state index >= 15 is 0 Å². The molecule has 3 rings (SSSR count). The molecular formula is C23H22F3N5O2. The first-order valence-electron chi connectivity index (χ1n) is 9.87. The highest BCUT2D eigenvalue weighted by atomic mass is 19.4. The normalized spacial score (nSPS) is 11.0. The lowest BCUT2D eigenvalue weighted by atomic mass is 10.1. The van der Waals surface area contributed by atoms with E-state index in [1.165, 1.54) is 37.1 Å². The zero-order valence-electron chi connectivity index (χ0n) is 18.1. The first-order chi connectivity index (χ1) is 15.6. The number of carbonyl (C=O) groups excluding carboxylic acids is 2. The number of aromatic nitrogens is 1. The number of halogens is 3. The van der Waals surface area contributed by atoms with Gasteiger partial charge >= 0.3 is 6.18 Å². The lowest BCUT2D eigenvalue weighted by Gasteiger charge is -2.18. The van der Waals surface area contributed by atoms with Crippen molar-refractivity contribution in [3.63, 3.8) is 0 Å². The van der Waals surface area contributed by atoms with Crippen molar-refractivity contribution in [2.24, 2.45) is 0 Å². The fraction of sp³-hybridized carbons (Fsp3) is 0.174. The first-order valence-corrected chi connectivity index (χ1v) is 9.87. The number of benzene rings is 2. The zero-order valence-corrected chi connectivity index (χ0v) is 18.1. The lowest BCUT2D eigenvalue weighted by molar-refractivity contribution is -0.137. The van der Waals surface area contributed by atoms with Gasteiger partial charge < -0.3 is 20.9 Å². The molecule has 7 nitrogen and oxygen atoms in total. The highest BCUT2D eigenvalue weighted by molar-refractivity contribution is 6.00. The third-order valence-corrected chi connectivity index (χ3v) is 4.88. The molecule has 0 spiro atoms. The smallest absolute Gasteiger partial charge is 0.355 e. The van der Waals surface area contributed by atoms with E-state index in [-0.39, 0.29) is 28.7 Å². The maximum Gasteiger partial charge on any atom is 0.419 e. The predicted molar refractivity (Wildman–Crippen MR) is 121 cm³/mol. The van der Waals surface area contributed by atoms with E-state index in [2.05, 4.69) is 20.9 Å². The second-order valence-corrected chi connectivity index (χ2v) is 7.11. The van der Waals surface area contributed by atoms with Crippen LogP contribution in [0, 0.1) is 0 Å². The Morgan fingerprint density at radius 2 is 1.64 bits per heavy atom. The van der Waals surface area contributed by atoms with Crippen molar-refractivity contribution in [1.82, 2.24) is 10.3 Å². The fourth-order valence-corrected chi connectivity index (χ4v) is 3.02. The molecule has 0 bridgehead atoms. The molecule has 0 saturated heterocycles. The summed E-state index contributed by atoms with van der Waals surface area (Å²) in [5, 5.41) is 8.14. The quantitative estimate of drug-likeness (QED) is 0.489. The molecule has 3 N–H and O–H groups in total. The number of alkyl halides is 3. The average molecular weight is 457 g/mol. The van der Waals surface area contributed by atoms with Gasteiger partial charge in [-0.1, -0.05) is 12.1 Å². The van der Waals surface area contributed by atoms with Gasteiger partial charge in [-0.25, -0.2) is 4.98 Å². The Morgan fingerprint density at radius 1 is 0.970 bits per heavy atom. The highest BCUT2D eigenvalue weighted by Crippen LogP contribution is 2.37. The molecule has 2 aromatic carbocycles. The average Bonchev–Trinajstić information content (AvgIpc) is 2.78. The molecule has 0 aliphatic carbocycles. The van der Waals surface area contributed by atoms with E-state index in [0.29, 0.717) is 11.4 Å². The minimum atomic E-state index is -4.66. The summed E-state index contributed by atoms with van der Waals surface area (Å²) in [5.41, 5.74) is 0.421. The molecule has 0 unspecified atom stereocenters. The molecule has 0 aliphatic rings. The summed E-state index contributed by atoms with van der Waals surface area (Å²) < 4.78 is 40.8. The molecule has 0 radical (unpaired) electrons. The van der Waals surface area contributed by atoms with Gasteiger partial charge in [0.2, 0.25) is 5.91 Å². The number of rotatable bonds is 6. The van der Waals surface area contributed by atoms with Gasteiger partial charge in [-0.15, -0.1) is 0 Å². The van der Waals surface area contributed by atoms with Crippen LogP contribution in [0.25, 0.3) is 0 Å². The number of para-hydroxylation sites is 1. The number of amides is 2. The van der Waals surface area contributed by atoms with Crippen LogP contribution in [-0.4, -0.2) is 30.9 Å². The summed E-state index contributed by atoms with van der Waals surface area (Å²) >= 11 is 0. The van der Waals surface area contributed by atoms with Crippen LogP contribution in [0.5, 0.6) is 0 Å². The van der Waals surface area contributed by atoms with E-state index in [9.17, 15) is 22.8 Å². The van der Waals surface area contributed by atoms with Gasteiger partial charge in [-0.05, 0) is 36.4 Å². The molecule has 0 saturated carbocycles. The number of nitrogens with one attached hydrogen (secondary N) is 3. The fourth-order valence-electron chi connectivity index (χ4n) is 3.02. The van der Waals surface area contributed by atoms with E-state index in [4.69, 9.17) is 0 Å². The molecule has 0 aliphatic heterocycles. The maximum atomic E-state index is 13.6. The summed E-state index contributed by atoms with van der Waals surface area (Å²) in [4.78, 5) is 28.9. The Bertz CT molecular complexity index is 1160. The second-order valence-electron chi connectivity index (χ2n) is 7.11. The number of hydrogen-bond acceptors (Lipinski definition) is 5. The molecule has 0 atom stereocenters. The van der Waals surface area contributed by atoms with Crippen molar-refractivity contribution >= 4 is 40.4 Å². The van der Waals surface area contributed by atoms with E-state index in [1.54, 1.807) is 43.4 Å². The molecule has 1 aromatic heterocycles. The van der Waals surface area contributed by atoms with Gasteiger partial charge in [0, 0.05) is 44.7 Å². The molecule has 172 valence electrons. The van der Waals surface area contributed by atoms with Crippen LogP contribution in [0.2, 0.25) is 0 Å². The van der Waals surface area contributed by atoms with Gasteiger partial charge in [0.1, 0.15) is 5.82 Å². The molecule has 33 heavy (non-hydrogen) atoms. The Balaban J connectivity index is 1.93. The van der Waals surface area contributed by atoms with Crippen molar-refractivity contribution in [2.45, 2.75) is 13.1 Å². The maximum absolute atomic E-state index is 13.6. The van der Waals surface area contributed by atoms with Crippen LogP contribution in [0.3, 0.4) is 0 Å². The zero-order chi connectivity index (χ0) is 24.2. The highest BCUT2D eigenvalue weighted by Gasteiger charge is 2.34. The molecule has 0 fully saturated rings. The van der Waals surface area contributed by atoms with E-state index in [0.717, 1.165) is 6.20 Å². The summed E-state index contributed by atoms with van der Waals surface area (Å²) in [5.74, 6) is -0.404. The molecule has 10 heteroatoms. The standard InChI is InChI=1S/C23H22F3N5O2/c1-14(32)31(3)16-10-8-15(9-11-16)29-21-12-20(18(13-28-21)23(24,25)26)30-19-7-5-4-6-17(19)22(33)27-2/h4-13H,1-3H3,(H,27,33)(H2,28,29,30). The van der Waals surface area contributed by atoms with Crippen molar-refractivity contribution < 1.29 is 22.8 Å². The molecular weight excluding hydrogens is 435 g/mol. The van der Waals surface area contributed by atoms with Crippen molar-refractivity contribution in [3.05, 3.63) is 71.9 Å². The number of pyridine rings is 1. The van der Waals surface area contributed by atoms with Crippen LogP contribution in [-0.2, 0) is 11.0 Å². The third-order valence-electron chi connectivity index (χ3n) is 4.88. The number of hydrogen-bond donors (Lipinski definition) is 3. The molecule has 2 amide bonds. The number of nitrogens with zero attached hydrogens (tertiary/aromatic N) is 2. The topological polar surface area (TPSA) is 86.4 Å². The van der Waals surface area contributed by atoms with Gasteiger partial charge in [0.25, 0.3) is 5.91 Å². The summed E-state index contributed by atoms with van der Waals surface area (Å²) in [7, 11) is 3.07. The number of carbonyl (C=O) groups is 2. The van der Waals surface area contributed by atoms with Crippen LogP contribution in [0.1, 0.15) is 22.8 Å². The van der Waals surface area contributed by atoms with Gasteiger partial charge in [0.15, 0.2) is 0 Å². The Kier molecular flexibility index (Phi) is 6.86. The Hall–Kier alpha value is -4.08. The second kappa shape index (κ2) is 9.60.